The van der Waals surface area contributed by atoms with E-state index in [-0.39, 0.29) is 5.56 Å². The van der Waals surface area contributed by atoms with E-state index >= 15 is 0 Å². The molecule has 4 nitrogen and oxygen atoms in total. The first-order chi connectivity index (χ1) is 9.30. The Labute approximate surface area is 129 Å². The second kappa shape index (κ2) is 6.03. The van der Waals surface area contributed by atoms with E-state index in [1.54, 1.807) is 0 Å². The number of sulfone groups is 1. The molecule has 1 heterocycles. The van der Waals surface area contributed by atoms with Crippen molar-refractivity contribution in [3.63, 3.8) is 0 Å². The Balaban J connectivity index is 2.37. The molecule has 2 rings (SSSR count). The number of nitrogens with zero attached hydrogens (tertiary/aromatic N) is 1. The van der Waals surface area contributed by atoms with E-state index in [9.17, 15) is 17.6 Å². The van der Waals surface area contributed by atoms with E-state index in [0.717, 1.165) is 12.3 Å². The van der Waals surface area contributed by atoms with Gasteiger partial charge >= 0.3 is 0 Å². The highest BCUT2D eigenvalue weighted by Gasteiger charge is 2.35. The Morgan fingerprint density at radius 2 is 2.20 bits per heavy atom. The number of thioether (sulfide) groups is 1. The summed E-state index contributed by atoms with van der Waals surface area (Å²) in [7, 11) is -3.38. The monoisotopic (exact) mass is 381 g/mol. The number of hydrogen-bond donors (Lipinski definition) is 0. The molecule has 1 aromatic carbocycles. The summed E-state index contributed by atoms with van der Waals surface area (Å²) < 4.78 is 37.3. The minimum atomic E-state index is -3.38. The molecule has 0 aliphatic carbocycles. The third-order valence-electron chi connectivity index (χ3n) is 3.00. The zero-order valence-corrected chi connectivity index (χ0v) is 13.9. The highest BCUT2D eigenvalue weighted by Crippen LogP contribution is 2.25. The zero-order chi connectivity index (χ0) is 14.9. The molecule has 0 radical (unpaired) electrons. The van der Waals surface area contributed by atoms with Crippen LogP contribution in [0.25, 0.3) is 0 Å². The number of hydrogen-bond acceptors (Lipinski definition) is 4. The van der Waals surface area contributed by atoms with E-state index < -0.39 is 26.9 Å². The van der Waals surface area contributed by atoms with Gasteiger partial charge in [0.15, 0.2) is 9.84 Å². The molecule has 8 heteroatoms. The molecular weight excluding hydrogens is 369 g/mol. The summed E-state index contributed by atoms with van der Waals surface area (Å²) in [4.78, 5) is 13.8. The lowest BCUT2D eigenvalue weighted by atomic mass is 10.2. The SMILES string of the molecule is CS(=O)(=O)C1CSCCN1C(=O)c1cc(F)ccc1Br. The predicted octanol–water partition coefficient (Wildman–Crippen LogP) is 2.15. The maximum absolute atomic E-state index is 13.3. The van der Waals surface area contributed by atoms with Crippen LogP contribution in [0.2, 0.25) is 0 Å². The molecule has 1 aromatic rings. The first-order valence-electron chi connectivity index (χ1n) is 5.83. The lowest BCUT2D eigenvalue weighted by Crippen LogP contribution is -2.50. The van der Waals surface area contributed by atoms with Gasteiger partial charge in [-0.05, 0) is 34.1 Å². The van der Waals surface area contributed by atoms with Gasteiger partial charge in [0.1, 0.15) is 11.2 Å². The van der Waals surface area contributed by atoms with Crippen LogP contribution in [0.1, 0.15) is 10.4 Å². The molecule has 1 amide bonds. The second-order valence-corrected chi connectivity index (χ2v) is 8.69. The Morgan fingerprint density at radius 3 is 2.85 bits per heavy atom. The summed E-state index contributed by atoms with van der Waals surface area (Å²) in [5.41, 5.74) is 0.144. The molecule has 1 fully saturated rings. The van der Waals surface area contributed by atoms with Crippen molar-refractivity contribution in [2.75, 3.05) is 24.3 Å². The van der Waals surface area contributed by atoms with Crippen LogP contribution in [0.4, 0.5) is 4.39 Å². The molecule has 1 atom stereocenters. The normalized spacial score (nSPS) is 19.9. The lowest BCUT2D eigenvalue weighted by molar-refractivity contribution is 0.0748. The summed E-state index contributed by atoms with van der Waals surface area (Å²) >= 11 is 4.69. The third-order valence-corrected chi connectivity index (χ3v) is 6.33. The molecule has 0 aromatic heterocycles. The van der Waals surface area contributed by atoms with Crippen molar-refractivity contribution >= 4 is 43.4 Å². The van der Waals surface area contributed by atoms with Crippen molar-refractivity contribution in [2.45, 2.75) is 5.37 Å². The molecule has 1 aliphatic heterocycles. The van der Waals surface area contributed by atoms with Crippen LogP contribution >= 0.6 is 27.7 Å². The average Bonchev–Trinajstić information content (AvgIpc) is 2.40. The lowest BCUT2D eigenvalue weighted by Gasteiger charge is -2.34. The van der Waals surface area contributed by atoms with Gasteiger partial charge < -0.3 is 4.90 Å². The number of carbonyl (C=O) groups is 1. The van der Waals surface area contributed by atoms with Crippen molar-refractivity contribution in [1.29, 1.82) is 0 Å². The number of halogens is 2. The Hall–Kier alpha value is -0.600. The Bertz CT molecular complexity index is 636. The number of carbonyl (C=O) groups excluding carboxylic acids is 1. The summed E-state index contributed by atoms with van der Waals surface area (Å²) in [6.45, 7) is 0.337. The zero-order valence-electron chi connectivity index (χ0n) is 10.7. The summed E-state index contributed by atoms with van der Waals surface area (Å²) in [6.07, 6.45) is 1.12. The highest BCUT2D eigenvalue weighted by molar-refractivity contribution is 9.10. The largest absolute Gasteiger partial charge is 0.320 e. The Morgan fingerprint density at radius 1 is 1.50 bits per heavy atom. The quantitative estimate of drug-likeness (QED) is 0.787. The number of rotatable bonds is 2. The minimum Gasteiger partial charge on any atom is -0.320 e. The van der Waals surface area contributed by atoms with Gasteiger partial charge in [0.05, 0.1) is 5.56 Å². The van der Waals surface area contributed by atoms with Crippen molar-refractivity contribution < 1.29 is 17.6 Å². The molecule has 0 saturated carbocycles. The smallest absolute Gasteiger partial charge is 0.256 e. The molecule has 1 aliphatic rings. The third kappa shape index (κ3) is 3.35. The van der Waals surface area contributed by atoms with E-state index in [1.165, 1.54) is 28.8 Å². The Kier molecular flexibility index (Phi) is 4.76. The minimum absolute atomic E-state index is 0.144. The van der Waals surface area contributed by atoms with Crippen LogP contribution in [0.5, 0.6) is 0 Å². The van der Waals surface area contributed by atoms with Gasteiger partial charge in [0, 0.05) is 28.8 Å². The molecular formula is C12H13BrFNO3S2. The summed E-state index contributed by atoms with van der Waals surface area (Å²) in [6, 6.07) is 3.80. The van der Waals surface area contributed by atoms with Gasteiger partial charge in [-0.25, -0.2) is 12.8 Å². The van der Waals surface area contributed by atoms with Gasteiger partial charge in [0.25, 0.3) is 5.91 Å². The summed E-state index contributed by atoms with van der Waals surface area (Å²) in [5, 5.41) is -0.857. The molecule has 0 bridgehead atoms. The first kappa shape index (κ1) is 15.8. The maximum atomic E-state index is 13.3. The standard InChI is InChI=1S/C12H13BrFNO3S2/c1-20(17,18)11-7-19-5-4-15(11)12(16)9-6-8(14)2-3-10(9)13/h2-3,6,11H,4-5,7H2,1H3. The van der Waals surface area contributed by atoms with E-state index in [0.29, 0.717) is 22.5 Å². The van der Waals surface area contributed by atoms with Gasteiger partial charge in [0.2, 0.25) is 0 Å². The average molecular weight is 382 g/mol. The van der Waals surface area contributed by atoms with Gasteiger partial charge in [-0.1, -0.05) is 0 Å². The summed E-state index contributed by atoms with van der Waals surface area (Å²) in [5.74, 6) is 0.0216. The van der Waals surface area contributed by atoms with Crippen LogP contribution in [-0.4, -0.2) is 48.9 Å². The van der Waals surface area contributed by atoms with Gasteiger partial charge in [-0.3, -0.25) is 4.79 Å². The molecule has 1 unspecified atom stereocenters. The van der Waals surface area contributed by atoms with Crippen molar-refractivity contribution in [3.8, 4) is 0 Å². The van der Waals surface area contributed by atoms with Crippen LogP contribution in [0.3, 0.4) is 0 Å². The fourth-order valence-corrected chi connectivity index (χ4v) is 5.22. The molecule has 20 heavy (non-hydrogen) atoms. The fourth-order valence-electron chi connectivity index (χ4n) is 1.98. The van der Waals surface area contributed by atoms with Crippen LogP contribution in [0.15, 0.2) is 22.7 Å². The van der Waals surface area contributed by atoms with Crippen LogP contribution < -0.4 is 0 Å². The molecule has 0 spiro atoms. The van der Waals surface area contributed by atoms with Gasteiger partial charge in [-0.2, -0.15) is 11.8 Å². The second-order valence-electron chi connectivity index (χ2n) is 4.48. The number of benzene rings is 1. The number of amides is 1. The predicted molar refractivity (Wildman–Crippen MR) is 81.1 cm³/mol. The van der Waals surface area contributed by atoms with Crippen molar-refractivity contribution in [1.82, 2.24) is 4.90 Å². The van der Waals surface area contributed by atoms with E-state index in [4.69, 9.17) is 0 Å². The highest BCUT2D eigenvalue weighted by atomic mass is 79.9. The van der Waals surface area contributed by atoms with Gasteiger partial charge in [-0.15, -0.1) is 0 Å². The van der Waals surface area contributed by atoms with Crippen molar-refractivity contribution in [2.24, 2.45) is 0 Å². The fraction of sp³-hybridized carbons (Fsp3) is 0.417. The molecule has 1 saturated heterocycles. The van der Waals surface area contributed by atoms with Crippen LogP contribution in [-0.2, 0) is 9.84 Å². The molecule has 0 N–H and O–H groups in total. The first-order valence-corrected chi connectivity index (χ1v) is 9.73. The van der Waals surface area contributed by atoms with Crippen LogP contribution in [0, 0.1) is 5.82 Å². The van der Waals surface area contributed by atoms with Crippen molar-refractivity contribution in [3.05, 3.63) is 34.1 Å². The topological polar surface area (TPSA) is 54.5 Å². The van der Waals surface area contributed by atoms with E-state index in [2.05, 4.69) is 15.9 Å². The maximum Gasteiger partial charge on any atom is 0.256 e. The molecule has 110 valence electrons. The van der Waals surface area contributed by atoms with E-state index in [1.807, 2.05) is 0 Å².